The van der Waals surface area contributed by atoms with Crippen LogP contribution in [-0.4, -0.2) is 35.1 Å². The molecule has 1 aromatic carbocycles. The lowest BCUT2D eigenvalue weighted by molar-refractivity contribution is 0.0502. The first-order chi connectivity index (χ1) is 8.63. The van der Waals surface area contributed by atoms with E-state index in [0.29, 0.717) is 10.6 Å². The number of halogens is 1. The maximum absolute atomic E-state index is 12.5. The lowest BCUT2D eigenvalue weighted by Crippen LogP contribution is -2.45. The van der Waals surface area contributed by atoms with E-state index in [9.17, 15) is 9.90 Å². The lowest BCUT2D eigenvalue weighted by atomic mass is 10.00. The number of aliphatic hydroxyl groups is 1. The van der Waals surface area contributed by atoms with Crippen molar-refractivity contribution in [1.82, 2.24) is 4.90 Å². The minimum atomic E-state index is -0.0404. The van der Waals surface area contributed by atoms with E-state index < -0.39 is 0 Å². The fraction of sp³-hybridized carbons (Fsp3) is 0.500. The summed E-state index contributed by atoms with van der Waals surface area (Å²) < 4.78 is 0. The number of hydrogen-bond acceptors (Lipinski definition) is 2. The number of benzene rings is 1. The number of amides is 1. The van der Waals surface area contributed by atoms with Crippen molar-refractivity contribution in [2.45, 2.75) is 32.2 Å². The SMILES string of the molecule is Cc1cc(Cl)ccc1C(=O)N1CCCCC1CO. The van der Waals surface area contributed by atoms with Crippen molar-refractivity contribution >= 4 is 17.5 Å². The Morgan fingerprint density at radius 3 is 2.94 bits per heavy atom. The van der Waals surface area contributed by atoms with Gasteiger partial charge in [-0.05, 0) is 49.9 Å². The molecule has 1 saturated heterocycles. The number of carbonyl (C=O) groups is 1. The molecule has 1 amide bonds. The van der Waals surface area contributed by atoms with E-state index in [1.54, 1.807) is 23.1 Å². The van der Waals surface area contributed by atoms with Gasteiger partial charge in [-0.1, -0.05) is 11.6 Å². The molecule has 1 aliphatic heterocycles. The van der Waals surface area contributed by atoms with Gasteiger partial charge in [0.2, 0.25) is 0 Å². The highest BCUT2D eigenvalue weighted by Crippen LogP contribution is 2.22. The zero-order chi connectivity index (χ0) is 13.1. The molecule has 18 heavy (non-hydrogen) atoms. The van der Waals surface area contributed by atoms with Gasteiger partial charge in [0.1, 0.15) is 0 Å². The Kier molecular flexibility index (Phi) is 4.25. The Morgan fingerprint density at radius 1 is 1.50 bits per heavy atom. The van der Waals surface area contributed by atoms with E-state index in [1.165, 1.54) is 0 Å². The summed E-state index contributed by atoms with van der Waals surface area (Å²) in [6.07, 6.45) is 2.97. The molecule has 1 aromatic rings. The second kappa shape index (κ2) is 5.72. The van der Waals surface area contributed by atoms with E-state index in [2.05, 4.69) is 0 Å². The number of carbonyl (C=O) groups excluding carboxylic acids is 1. The number of aryl methyl sites for hydroxylation is 1. The molecular weight excluding hydrogens is 250 g/mol. The third kappa shape index (κ3) is 2.68. The number of piperidine rings is 1. The normalized spacial score (nSPS) is 19.9. The van der Waals surface area contributed by atoms with Gasteiger partial charge in [-0.25, -0.2) is 0 Å². The van der Waals surface area contributed by atoms with Crippen LogP contribution in [0.1, 0.15) is 35.2 Å². The molecule has 0 saturated carbocycles. The van der Waals surface area contributed by atoms with E-state index in [-0.39, 0.29) is 18.6 Å². The maximum atomic E-state index is 12.5. The monoisotopic (exact) mass is 267 g/mol. The first-order valence-corrected chi connectivity index (χ1v) is 6.69. The highest BCUT2D eigenvalue weighted by molar-refractivity contribution is 6.30. The standard InChI is InChI=1S/C14H18ClNO2/c1-10-8-11(15)5-6-13(10)14(18)16-7-3-2-4-12(16)9-17/h5-6,8,12,17H,2-4,7,9H2,1H3. The summed E-state index contributed by atoms with van der Waals surface area (Å²) >= 11 is 5.90. The predicted octanol–water partition coefficient (Wildman–Crippen LogP) is 2.64. The Morgan fingerprint density at radius 2 is 2.28 bits per heavy atom. The molecule has 1 heterocycles. The zero-order valence-electron chi connectivity index (χ0n) is 10.5. The quantitative estimate of drug-likeness (QED) is 0.895. The Hall–Kier alpha value is -1.06. The van der Waals surface area contributed by atoms with E-state index in [0.717, 1.165) is 31.4 Å². The number of rotatable bonds is 2. The number of likely N-dealkylation sites (tertiary alicyclic amines) is 1. The van der Waals surface area contributed by atoms with Crippen LogP contribution < -0.4 is 0 Å². The summed E-state index contributed by atoms with van der Waals surface area (Å²) in [4.78, 5) is 14.3. The summed E-state index contributed by atoms with van der Waals surface area (Å²) in [5.41, 5.74) is 1.56. The van der Waals surface area contributed by atoms with Crippen LogP contribution in [0.25, 0.3) is 0 Å². The second-order valence-corrected chi connectivity index (χ2v) is 5.23. The third-order valence-electron chi connectivity index (χ3n) is 3.52. The second-order valence-electron chi connectivity index (χ2n) is 4.79. The Balaban J connectivity index is 2.24. The number of nitrogens with zero attached hydrogens (tertiary/aromatic N) is 1. The predicted molar refractivity (Wildman–Crippen MR) is 72.0 cm³/mol. The molecule has 3 nitrogen and oxygen atoms in total. The van der Waals surface area contributed by atoms with Crippen molar-refractivity contribution < 1.29 is 9.90 Å². The molecule has 4 heteroatoms. The molecule has 98 valence electrons. The first-order valence-electron chi connectivity index (χ1n) is 6.31. The van der Waals surface area contributed by atoms with Gasteiger partial charge in [-0.3, -0.25) is 4.79 Å². The van der Waals surface area contributed by atoms with Crippen molar-refractivity contribution in [1.29, 1.82) is 0 Å². The molecule has 1 unspecified atom stereocenters. The van der Waals surface area contributed by atoms with Crippen LogP contribution in [0.5, 0.6) is 0 Å². The molecule has 0 aliphatic carbocycles. The maximum Gasteiger partial charge on any atom is 0.254 e. The Labute approximate surface area is 112 Å². The molecule has 0 radical (unpaired) electrons. The largest absolute Gasteiger partial charge is 0.394 e. The van der Waals surface area contributed by atoms with Crippen molar-refractivity contribution in [3.63, 3.8) is 0 Å². The highest BCUT2D eigenvalue weighted by atomic mass is 35.5. The van der Waals surface area contributed by atoms with Crippen LogP contribution in [0.15, 0.2) is 18.2 Å². The van der Waals surface area contributed by atoms with Gasteiger partial charge in [0.15, 0.2) is 0 Å². The summed E-state index contributed by atoms with van der Waals surface area (Å²) in [6, 6.07) is 5.26. The highest BCUT2D eigenvalue weighted by Gasteiger charge is 2.27. The van der Waals surface area contributed by atoms with Crippen LogP contribution in [-0.2, 0) is 0 Å². The van der Waals surface area contributed by atoms with E-state index in [4.69, 9.17) is 11.6 Å². The number of aliphatic hydroxyl groups excluding tert-OH is 1. The molecule has 1 N–H and O–H groups in total. The molecule has 1 atom stereocenters. The van der Waals surface area contributed by atoms with Gasteiger partial charge in [-0.15, -0.1) is 0 Å². The molecule has 2 rings (SSSR count). The molecule has 0 aromatic heterocycles. The molecule has 1 fully saturated rings. The first kappa shape index (κ1) is 13.4. The zero-order valence-corrected chi connectivity index (χ0v) is 11.3. The topological polar surface area (TPSA) is 40.5 Å². The van der Waals surface area contributed by atoms with Crippen LogP contribution in [0.4, 0.5) is 0 Å². The van der Waals surface area contributed by atoms with Crippen LogP contribution in [0.3, 0.4) is 0 Å². The van der Waals surface area contributed by atoms with Crippen molar-refractivity contribution in [3.05, 3.63) is 34.3 Å². The molecule has 0 bridgehead atoms. The average Bonchev–Trinajstić information content (AvgIpc) is 2.38. The fourth-order valence-corrected chi connectivity index (χ4v) is 2.71. The summed E-state index contributed by atoms with van der Waals surface area (Å²) in [6.45, 7) is 2.65. The summed E-state index contributed by atoms with van der Waals surface area (Å²) in [5.74, 6) is 0.00270. The van der Waals surface area contributed by atoms with Crippen LogP contribution in [0, 0.1) is 6.92 Å². The van der Waals surface area contributed by atoms with Gasteiger partial charge in [0, 0.05) is 17.1 Å². The minimum absolute atomic E-state index is 0.00270. The van der Waals surface area contributed by atoms with E-state index >= 15 is 0 Å². The average molecular weight is 268 g/mol. The van der Waals surface area contributed by atoms with Gasteiger partial charge in [0.05, 0.1) is 12.6 Å². The number of hydrogen-bond donors (Lipinski definition) is 1. The molecular formula is C14H18ClNO2. The van der Waals surface area contributed by atoms with Gasteiger partial charge in [0.25, 0.3) is 5.91 Å². The molecule has 0 spiro atoms. The van der Waals surface area contributed by atoms with Gasteiger partial charge >= 0.3 is 0 Å². The lowest BCUT2D eigenvalue weighted by Gasteiger charge is -2.35. The Bertz CT molecular complexity index is 447. The van der Waals surface area contributed by atoms with Crippen molar-refractivity contribution in [2.24, 2.45) is 0 Å². The van der Waals surface area contributed by atoms with E-state index in [1.807, 2.05) is 6.92 Å². The minimum Gasteiger partial charge on any atom is -0.394 e. The smallest absolute Gasteiger partial charge is 0.254 e. The van der Waals surface area contributed by atoms with Crippen molar-refractivity contribution in [3.8, 4) is 0 Å². The van der Waals surface area contributed by atoms with Crippen molar-refractivity contribution in [2.75, 3.05) is 13.2 Å². The van der Waals surface area contributed by atoms with Gasteiger partial charge < -0.3 is 10.0 Å². The van der Waals surface area contributed by atoms with Crippen LogP contribution in [0.2, 0.25) is 5.02 Å². The summed E-state index contributed by atoms with van der Waals surface area (Å²) in [7, 11) is 0. The third-order valence-corrected chi connectivity index (χ3v) is 3.75. The molecule has 1 aliphatic rings. The summed E-state index contributed by atoms with van der Waals surface area (Å²) in [5, 5.41) is 10.00. The van der Waals surface area contributed by atoms with Gasteiger partial charge in [-0.2, -0.15) is 0 Å². The van der Waals surface area contributed by atoms with Crippen LogP contribution >= 0.6 is 11.6 Å². The fourth-order valence-electron chi connectivity index (χ4n) is 2.48.